The summed E-state index contributed by atoms with van der Waals surface area (Å²) in [5, 5.41) is 5.25. The Hall–Kier alpha value is -2.86. The lowest BCUT2D eigenvalue weighted by atomic mass is 10.0. The zero-order chi connectivity index (χ0) is 15.2. The summed E-state index contributed by atoms with van der Waals surface area (Å²) in [4.78, 5) is 0. The number of benzene rings is 4. The third-order valence-corrected chi connectivity index (χ3v) is 3.65. The van der Waals surface area contributed by atoms with Crippen LogP contribution in [0.15, 0.2) is 97.6 Å². The first kappa shape index (κ1) is 14.1. The van der Waals surface area contributed by atoms with Crippen molar-refractivity contribution in [3.05, 3.63) is 103 Å². The monoisotopic (exact) mass is 282 g/mol. The molecule has 0 bridgehead atoms. The summed E-state index contributed by atoms with van der Waals surface area (Å²) in [5.74, 6) is 0. The van der Waals surface area contributed by atoms with Crippen LogP contribution in [-0.2, 0) is 0 Å². The molecule has 0 unspecified atom stereocenters. The molecule has 0 saturated carbocycles. The average molecular weight is 282 g/mol. The summed E-state index contributed by atoms with van der Waals surface area (Å²) >= 11 is 0. The standard InChI is InChI=1S/C14H10.C8H8/c1-2-6-12-10-14-8-4-3-7-13(14)9-11(12)5-1;1-2-8-6-4-3-5-7-8/h1-10H;2-7H,1H2. The van der Waals surface area contributed by atoms with Crippen molar-refractivity contribution in [2.24, 2.45) is 0 Å². The first-order valence-corrected chi connectivity index (χ1v) is 7.42. The van der Waals surface area contributed by atoms with Gasteiger partial charge in [-0.15, -0.1) is 0 Å². The normalized spacial score (nSPS) is 10.0. The molecule has 4 aromatic rings. The Morgan fingerprint density at radius 1 is 0.500 bits per heavy atom. The fraction of sp³-hybridized carbons (Fsp3) is 0. The lowest BCUT2D eigenvalue weighted by Gasteiger charge is -2.00. The van der Waals surface area contributed by atoms with Gasteiger partial charge in [0.15, 0.2) is 0 Å². The lowest BCUT2D eigenvalue weighted by Crippen LogP contribution is -1.74. The SMILES string of the molecule is C=Cc1ccccc1.c1ccc2cc3ccccc3cc2c1. The van der Waals surface area contributed by atoms with Crippen LogP contribution in [0.4, 0.5) is 0 Å². The van der Waals surface area contributed by atoms with E-state index in [9.17, 15) is 0 Å². The van der Waals surface area contributed by atoms with Crippen LogP contribution in [0.3, 0.4) is 0 Å². The molecular weight excluding hydrogens is 264 g/mol. The van der Waals surface area contributed by atoms with Crippen molar-refractivity contribution in [3.8, 4) is 0 Å². The minimum Gasteiger partial charge on any atom is -0.0985 e. The van der Waals surface area contributed by atoms with Gasteiger partial charge in [-0.05, 0) is 39.2 Å². The number of rotatable bonds is 1. The van der Waals surface area contributed by atoms with Gasteiger partial charge in [0.25, 0.3) is 0 Å². The molecule has 0 amide bonds. The van der Waals surface area contributed by atoms with Crippen LogP contribution in [0.5, 0.6) is 0 Å². The molecular formula is C22H18. The van der Waals surface area contributed by atoms with Gasteiger partial charge in [-0.1, -0.05) is 91.5 Å². The van der Waals surface area contributed by atoms with Crippen LogP contribution in [0.1, 0.15) is 5.56 Å². The van der Waals surface area contributed by atoms with Crippen molar-refractivity contribution < 1.29 is 0 Å². The molecule has 22 heavy (non-hydrogen) atoms. The predicted octanol–water partition coefficient (Wildman–Crippen LogP) is 6.32. The van der Waals surface area contributed by atoms with E-state index in [0.717, 1.165) is 0 Å². The summed E-state index contributed by atoms with van der Waals surface area (Å²) in [6.07, 6.45) is 1.83. The van der Waals surface area contributed by atoms with E-state index in [1.807, 2.05) is 36.4 Å². The molecule has 0 saturated heterocycles. The van der Waals surface area contributed by atoms with Gasteiger partial charge in [-0.25, -0.2) is 0 Å². The lowest BCUT2D eigenvalue weighted by molar-refractivity contribution is 1.67. The first-order valence-electron chi connectivity index (χ1n) is 7.42. The fourth-order valence-electron chi connectivity index (χ4n) is 2.47. The maximum atomic E-state index is 3.63. The van der Waals surface area contributed by atoms with Crippen molar-refractivity contribution in [1.82, 2.24) is 0 Å². The van der Waals surface area contributed by atoms with E-state index in [2.05, 4.69) is 67.2 Å². The summed E-state index contributed by atoms with van der Waals surface area (Å²) in [5.41, 5.74) is 1.17. The molecule has 0 aliphatic rings. The fourth-order valence-corrected chi connectivity index (χ4v) is 2.47. The molecule has 0 aliphatic carbocycles. The van der Waals surface area contributed by atoms with Crippen molar-refractivity contribution in [3.63, 3.8) is 0 Å². The highest BCUT2D eigenvalue weighted by Gasteiger charge is 1.95. The van der Waals surface area contributed by atoms with Crippen LogP contribution < -0.4 is 0 Å². The third kappa shape index (κ3) is 3.24. The van der Waals surface area contributed by atoms with E-state index < -0.39 is 0 Å². The Labute approximate surface area is 131 Å². The largest absolute Gasteiger partial charge is 0.0985 e. The Morgan fingerprint density at radius 3 is 1.18 bits per heavy atom. The number of hydrogen-bond acceptors (Lipinski definition) is 0. The van der Waals surface area contributed by atoms with Crippen LogP contribution in [0.2, 0.25) is 0 Å². The number of fused-ring (bicyclic) bond motifs is 2. The van der Waals surface area contributed by atoms with Gasteiger partial charge in [0.05, 0.1) is 0 Å². The van der Waals surface area contributed by atoms with E-state index >= 15 is 0 Å². The summed E-state index contributed by atoms with van der Waals surface area (Å²) < 4.78 is 0. The molecule has 0 N–H and O–H groups in total. The molecule has 0 fully saturated rings. The molecule has 106 valence electrons. The molecule has 0 aliphatic heterocycles. The van der Waals surface area contributed by atoms with E-state index in [1.165, 1.54) is 27.1 Å². The van der Waals surface area contributed by atoms with E-state index in [-0.39, 0.29) is 0 Å². The third-order valence-electron chi connectivity index (χ3n) is 3.65. The molecule has 0 heteroatoms. The maximum Gasteiger partial charge on any atom is -0.0178 e. The predicted molar refractivity (Wildman–Crippen MR) is 98.0 cm³/mol. The van der Waals surface area contributed by atoms with Gasteiger partial charge in [0.1, 0.15) is 0 Å². The minimum absolute atomic E-state index is 1.17. The van der Waals surface area contributed by atoms with Crippen LogP contribution in [-0.4, -0.2) is 0 Å². The van der Waals surface area contributed by atoms with Crippen molar-refractivity contribution in [1.29, 1.82) is 0 Å². The molecule has 4 aromatic carbocycles. The van der Waals surface area contributed by atoms with E-state index in [1.54, 1.807) is 0 Å². The minimum atomic E-state index is 1.17. The highest BCUT2D eigenvalue weighted by Crippen LogP contribution is 2.21. The van der Waals surface area contributed by atoms with Gasteiger partial charge < -0.3 is 0 Å². The summed E-state index contributed by atoms with van der Waals surface area (Å²) in [7, 11) is 0. The van der Waals surface area contributed by atoms with Crippen LogP contribution in [0.25, 0.3) is 27.6 Å². The second-order valence-corrected chi connectivity index (χ2v) is 5.16. The molecule has 0 spiro atoms. The van der Waals surface area contributed by atoms with Crippen molar-refractivity contribution in [2.75, 3.05) is 0 Å². The number of hydrogen-bond donors (Lipinski definition) is 0. The summed E-state index contributed by atoms with van der Waals surface area (Å²) in [6, 6.07) is 31.5. The van der Waals surface area contributed by atoms with E-state index in [4.69, 9.17) is 0 Å². The van der Waals surface area contributed by atoms with Gasteiger partial charge in [-0.3, -0.25) is 0 Å². The smallest absolute Gasteiger partial charge is 0.0178 e. The maximum absolute atomic E-state index is 3.63. The zero-order valence-electron chi connectivity index (χ0n) is 12.4. The van der Waals surface area contributed by atoms with Crippen LogP contribution in [0, 0.1) is 0 Å². The van der Waals surface area contributed by atoms with Crippen molar-refractivity contribution in [2.45, 2.75) is 0 Å². The molecule has 4 rings (SSSR count). The Morgan fingerprint density at radius 2 is 0.864 bits per heavy atom. The Bertz CT molecular complexity index is 784. The molecule has 0 heterocycles. The highest BCUT2D eigenvalue weighted by molar-refractivity contribution is 5.98. The second-order valence-electron chi connectivity index (χ2n) is 5.16. The highest BCUT2D eigenvalue weighted by atomic mass is 14.0. The van der Waals surface area contributed by atoms with Gasteiger partial charge in [0, 0.05) is 0 Å². The van der Waals surface area contributed by atoms with Gasteiger partial charge in [0.2, 0.25) is 0 Å². The molecule has 0 radical (unpaired) electrons. The molecule has 0 atom stereocenters. The molecule has 0 aromatic heterocycles. The van der Waals surface area contributed by atoms with Gasteiger partial charge >= 0.3 is 0 Å². The first-order chi connectivity index (χ1) is 10.9. The molecule has 0 nitrogen and oxygen atoms in total. The Kier molecular flexibility index (Phi) is 4.31. The average Bonchev–Trinajstić information content (AvgIpc) is 2.61. The summed E-state index contributed by atoms with van der Waals surface area (Å²) in [6.45, 7) is 3.63. The Balaban J connectivity index is 0.000000154. The second kappa shape index (κ2) is 6.73. The van der Waals surface area contributed by atoms with Gasteiger partial charge in [-0.2, -0.15) is 0 Å². The topological polar surface area (TPSA) is 0 Å². The zero-order valence-corrected chi connectivity index (χ0v) is 12.4. The van der Waals surface area contributed by atoms with Crippen molar-refractivity contribution >= 4 is 27.6 Å². The quantitative estimate of drug-likeness (QED) is 0.358. The van der Waals surface area contributed by atoms with Crippen LogP contribution >= 0.6 is 0 Å². The van der Waals surface area contributed by atoms with E-state index in [0.29, 0.717) is 0 Å².